The van der Waals surface area contributed by atoms with Gasteiger partial charge in [-0.3, -0.25) is 9.69 Å². The third-order valence-corrected chi connectivity index (χ3v) is 4.62. The summed E-state index contributed by atoms with van der Waals surface area (Å²) in [6.45, 7) is 8.97. The molecule has 0 unspecified atom stereocenters. The van der Waals surface area contributed by atoms with Gasteiger partial charge in [0.1, 0.15) is 0 Å². The number of hydrogen-bond acceptors (Lipinski definition) is 4. The van der Waals surface area contributed by atoms with E-state index in [0.717, 1.165) is 19.5 Å². The van der Waals surface area contributed by atoms with E-state index in [2.05, 4.69) is 47.8 Å². The average molecular weight is 310 g/mol. The zero-order valence-corrected chi connectivity index (χ0v) is 14.0. The molecular weight excluding hydrogens is 284 g/mol. The highest BCUT2D eigenvalue weighted by Crippen LogP contribution is 2.13. The quantitative estimate of drug-likeness (QED) is 0.876. The zero-order valence-electron chi connectivity index (χ0n) is 13.2. The van der Waals surface area contributed by atoms with Crippen LogP contribution in [-0.2, 0) is 16.0 Å². The summed E-state index contributed by atoms with van der Waals surface area (Å²) in [5, 5.41) is 7.21. The molecule has 1 N–H and O–H groups in total. The number of thiophene rings is 1. The van der Waals surface area contributed by atoms with Crippen LogP contribution in [-0.4, -0.2) is 48.7 Å². The van der Waals surface area contributed by atoms with Gasteiger partial charge in [-0.15, -0.1) is 0 Å². The molecule has 5 heteroatoms. The molecule has 0 bridgehead atoms. The SMILES string of the molecule is C[C@@H]1CN([C@H](C)CNC(=O)CCc2ccsc2)C[C@H](C)O1. The third-order valence-electron chi connectivity index (χ3n) is 3.89. The predicted molar refractivity (Wildman–Crippen MR) is 86.7 cm³/mol. The molecule has 21 heavy (non-hydrogen) atoms. The lowest BCUT2D eigenvalue weighted by atomic mass is 10.1. The van der Waals surface area contributed by atoms with Crippen molar-refractivity contribution < 1.29 is 9.53 Å². The summed E-state index contributed by atoms with van der Waals surface area (Å²) in [7, 11) is 0. The summed E-state index contributed by atoms with van der Waals surface area (Å²) in [6, 6.07) is 2.43. The summed E-state index contributed by atoms with van der Waals surface area (Å²) >= 11 is 1.68. The fraction of sp³-hybridized carbons (Fsp3) is 0.688. The maximum absolute atomic E-state index is 11.9. The van der Waals surface area contributed by atoms with Crippen molar-refractivity contribution in [2.24, 2.45) is 0 Å². The van der Waals surface area contributed by atoms with Gasteiger partial charge in [-0.1, -0.05) is 0 Å². The van der Waals surface area contributed by atoms with E-state index in [-0.39, 0.29) is 18.1 Å². The Hall–Kier alpha value is -0.910. The zero-order chi connectivity index (χ0) is 15.2. The molecule has 118 valence electrons. The van der Waals surface area contributed by atoms with Gasteiger partial charge in [0.2, 0.25) is 5.91 Å². The maximum Gasteiger partial charge on any atom is 0.220 e. The molecule has 0 aromatic carbocycles. The van der Waals surface area contributed by atoms with E-state index in [1.165, 1.54) is 5.56 Å². The Labute approximate surface area is 131 Å². The molecule has 0 aliphatic carbocycles. The Kier molecular flexibility index (Phi) is 6.21. The molecule has 0 radical (unpaired) electrons. The van der Waals surface area contributed by atoms with E-state index in [4.69, 9.17) is 4.74 Å². The monoisotopic (exact) mass is 310 g/mol. The number of ether oxygens (including phenoxy) is 1. The summed E-state index contributed by atoms with van der Waals surface area (Å²) in [5.41, 5.74) is 1.25. The molecule has 1 aromatic heterocycles. The van der Waals surface area contributed by atoms with E-state index >= 15 is 0 Å². The molecule has 1 aliphatic heterocycles. The van der Waals surface area contributed by atoms with Crippen LogP contribution in [0, 0.1) is 0 Å². The molecule has 2 rings (SSSR count). The molecule has 1 fully saturated rings. The lowest BCUT2D eigenvalue weighted by Gasteiger charge is -2.39. The van der Waals surface area contributed by atoms with Gasteiger partial charge in [0, 0.05) is 32.1 Å². The standard InChI is InChI=1S/C16H26N2O2S/c1-12(18-9-13(2)20-14(3)10-18)8-17-16(19)5-4-15-6-7-21-11-15/h6-7,11-14H,4-5,8-10H2,1-3H3,(H,17,19)/t12-,13-,14+/m1/s1. The maximum atomic E-state index is 11.9. The first-order valence-corrected chi connectivity index (χ1v) is 8.66. The number of nitrogens with zero attached hydrogens (tertiary/aromatic N) is 1. The first kappa shape index (κ1) is 16.5. The molecule has 0 saturated carbocycles. The number of rotatable bonds is 6. The summed E-state index contributed by atoms with van der Waals surface area (Å²) < 4.78 is 5.74. The summed E-state index contributed by atoms with van der Waals surface area (Å²) in [4.78, 5) is 14.3. The Morgan fingerprint density at radius 2 is 2.19 bits per heavy atom. The number of nitrogens with one attached hydrogen (secondary N) is 1. The Bertz CT molecular complexity index is 425. The van der Waals surface area contributed by atoms with E-state index in [9.17, 15) is 4.79 Å². The van der Waals surface area contributed by atoms with Crippen LogP contribution < -0.4 is 5.32 Å². The van der Waals surface area contributed by atoms with Gasteiger partial charge < -0.3 is 10.1 Å². The van der Waals surface area contributed by atoms with E-state index in [1.807, 2.05) is 0 Å². The van der Waals surface area contributed by atoms with Crippen molar-refractivity contribution in [1.82, 2.24) is 10.2 Å². The average Bonchev–Trinajstić information content (AvgIpc) is 2.94. The second kappa shape index (κ2) is 7.92. The van der Waals surface area contributed by atoms with Crippen LogP contribution in [0.5, 0.6) is 0 Å². The number of carbonyl (C=O) groups is 1. The van der Waals surface area contributed by atoms with Crippen molar-refractivity contribution >= 4 is 17.2 Å². The van der Waals surface area contributed by atoms with Crippen LogP contribution in [0.25, 0.3) is 0 Å². The molecular formula is C16H26N2O2S. The lowest BCUT2D eigenvalue weighted by molar-refractivity contribution is -0.121. The highest BCUT2D eigenvalue weighted by atomic mass is 32.1. The van der Waals surface area contributed by atoms with E-state index in [0.29, 0.717) is 19.0 Å². The molecule has 3 atom stereocenters. The third kappa shape index (κ3) is 5.41. The predicted octanol–water partition coefficient (Wildman–Crippen LogP) is 2.29. The second-order valence-corrected chi connectivity index (χ2v) is 6.78. The van der Waals surface area contributed by atoms with Crippen molar-refractivity contribution in [3.05, 3.63) is 22.4 Å². The van der Waals surface area contributed by atoms with Gasteiger partial charge >= 0.3 is 0 Å². The lowest BCUT2D eigenvalue weighted by Crippen LogP contribution is -2.52. The molecule has 0 spiro atoms. The van der Waals surface area contributed by atoms with Gasteiger partial charge in [0.15, 0.2) is 0 Å². The van der Waals surface area contributed by atoms with Crippen LogP contribution in [0.2, 0.25) is 0 Å². The number of amides is 1. The van der Waals surface area contributed by atoms with Gasteiger partial charge in [-0.2, -0.15) is 11.3 Å². The van der Waals surface area contributed by atoms with Crippen molar-refractivity contribution in [2.75, 3.05) is 19.6 Å². The summed E-state index contributed by atoms with van der Waals surface area (Å²) in [6.07, 6.45) is 1.94. The molecule has 1 aliphatic rings. The fourth-order valence-corrected chi connectivity index (χ4v) is 3.45. The second-order valence-electron chi connectivity index (χ2n) is 6.00. The topological polar surface area (TPSA) is 41.6 Å². The van der Waals surface area contributed by atoms with Crippen LogP contribution in [0.15, 0.2) is 16.8 Å². The van der Waals surface area contributed by atoms with Gasteiger partial charge in [0.05, 0.1) is 12.2 Å². The molecule has 2 heterocycles. The van der Waals surface area contributed by atoms with Gasteiger partial charge in [-0.25, -0.2) is 0 Å². The van der Waals surface area contributed by atoms with Crippen molar-refractivity contribution in [2.45, 2.75) is 51.9 Å². The van der Waals surface area contributed by atoms with Crippen LogP contribution in [0.4, 0.5) is 0 Å². The van der Waals surface area contributed by atoms with Crippen LogP contribution in [0.1, 0.15) is 32.8 Å². The normalized spacial score (nSPS) is 24.7. The minimum atomic E-state index is 0.141. The first-order valence-electron chi connectivity index (χ1n) is 7.72. The Balaban J connectivity index is 1.68. The van der Waals surface area contributed by atoms with Crippen molar-refractivity contribution in [1.29, 1.82) is 0 Å². The first-order chi connectivity index (χ1) is 10.0. The van der Waals surface area contributed by atoms with E-state index < -0.39 is 0 Å². The Morgan fingerprint density at radius 3 is 2.81 bits per heavy atom. The smallest absolute Gasteiger partial charge is 0.220 e. The number of hydrogen-bond donors (Lipinski definition) is 1. The highest BCUT2D eigenvalue weighted by molar-refractivity contribution is 7.07. The minimum absolute atomic E-state index is 0.141. The molecule has 1 aromatic rings. The van der Waals surface area contributed by atoms with E-state index in [1.54, 1.807) is 11.3 Å². The van der Waals surface area contributed by atoms with Crippen molar-refractivity contribution in [3.63, 3.8) is 0 Å². The Morgan fingerprint density at radius 1 is 1.48 bits per heavy atom. The van der Waals surface area contributed by atoms with Gasteiger partial charge in [-0.05, 0) is 49.6 Å². The molecule has 1 amide bonds. The molecule has 1 saturated heterocycles. The number of morpholine rings is 1. The molecule has 4 nitrogen and oxygen atoms in total. The number of aryl methyl sites for hydroxylation is 1. The van der Waals surface area contributed by atoms with Crippen molar-refractivity contribution in [3.8, 4) is 0 Å². The van der Waals surface area contributed by atoms with Crippen LogP contribution in [0.3, 0.4) is 0 Å². The highest BCUT2D eigenvalue weighted by Gasteiger charge is 2.25. The van der Waals surface area contributed by atoms with Gasteiger partial charge in [0.25, 0.3) is 0 Å². The summed E-state index contributed by atoms with van der Waals surface area (Å²) in [5.74, 6) is 0.141. The minimum Gasteiger partial charge on any atom is -0.373 e. The largest absolute Gasteiger partial charge is 0.373 e. The van der Waals surface area contributed by atoms with Crippen LogP contribution >= 0.6 is 11.3 Å². The fourth-order valence-electron chi connectivity index (χ4n) is 2.75. The number of carbonyl (C=O) groups excluding carboxylic acids is 1.